The molecule has 0 unspecified atom stereocenters. The topological polar surface area (TPSA) is 107 Å². The minimum absolute atomic E-state index is 0.115. The molecular weight excluding hydrogens is 488 g/mol. The molecule has 0 fully saturated rings. The predicted octanol–water partition coefficient (Wildman–Crippen LogP) is 5.53. The van der Waals surface area contributed by atoms with Crippen LogP contribution in [0, 0.1) is 27.7 Å². The third-order valence-corrected chi connectivity index (χ3v) is 8.43. The van der Waals surface area contributed by atoms with Crippen molar-refractivity contribution in [3.8, 4) is 11.1 Å². The zero-order valence-corrected chi connectivity index (χ0v) is 22.3. The van der Waals surface area contributed by atoms with Crippen LogP contribution in [0.3, 0.4) is 0 Å². The number of Topliss-reactive ketones (excluding diaryl/α,β-unsaturated/α-hetero) is 1. The van der Waals surface area contributed by atoms with Gasteiger partial charge in [-0.3, -0.25) is 4.79 Å². The number of aryl methyl sites for hydroxylation is 4. The number of carbonyl (C=O) groups excluding carboxylic acids is 1. The van der Waals surface area contributed by atoms with E-state index in [4.69, 9.17) is 4.52 Å². The smallest absolute Gasteiger partial charge is 0.264 e. The maximum absolute atomic E-state index is 13.3. The fourth-order valence-electron chi connectivity index (χ4n) is 4.92. The summed E-state index contributed by atoms with van der Waals surface area (Å²) >= 11 is 0. The van der Waals surface area contributed by atoms with Crippen LogP contribution in [0.1, 0.15) is 63.7 Å². The number of aromatic nitrogens is 3. The lowest BCUT2D eigenvalue weighted by atomic mass is 9.98. The van der Waals surface area contributed by atoms with Crippen molar-refractivity contribution < 1.29 is 17.7 Å². The summed E-state index contributed by atoms with van der Waals surface area (Å²) in [5.74, 6) is 1.11. The second-order valence-corrected chi connectivity index (χ2v) is 11.3. The molecule has 0 amide bonds. The number of carbonyl (C=O) groups is 1. The Morgan fingerprint density at radius 3 is 2.49 bits per heavy atom. The summed E-state index contributed by atoms with van der Waals surface area (Å²) in [5, 5.41) is 3.84. The van der Waals surface area contributed by atoms with Crippen LogP contribution >= 0.6 is 0 Å². The number of benzene rings is 2. The van der Waals surface area contributed by atoms with Crippen molar-refractivity contribution in [1.29, 1.82) is 0 Å². The maximum Gasteiger partial charge on any atom is 0.264 e. The standard InChI is InChI=1S/C28H30N4O4S/c1-17-15-21(16-32-20(4)29-24-10-6-7-11-25(33)27(24)32)13-14-22(17)23-9-5-8-12-26(23)37(34,35)31-28-18(2)19(3)30-36-28/h5,8-9,12-15,31H,6-7,10-11,16H2,1-4H3. The number of sulfonamides is 1. The van der Waals surface area contributed by atoms with E-state index < -0.39 is 10.0 Å². The molecule has 0 spiro atoms. The van der Waals surface area contributed by atoms with Crippen molar-refractivity contribution in [2.24, 2.45) is 0 Å². The number of fused-ring (bicyclic) bond motifs is 1. The highest BCUT2D eigenvalue weighted by atomic mass is 32.2. The Morgan fingerprint density at radius 1 is 1.00 bits per heavy atom. The lowest BCUT2D eigenvalue weighted by molar-refractivity contribution is 0.0973. The van der Waals surface area contributed by atoms with Gasteiger partial charge in [0.15, 0.2) is 5.78 Å². The van der Waals surface area contributed by atoms with Gasteiger partial charge in [-0.05, 0) is 69.7 Å². The van der Waals surface area contributed by atoms with Crippen LogP contribution in [0.15, 0.2) is 51.9 Å². The minimum atomic E-state index is -3.93. The summed E-state index contributed by atoms with van der Waals surface area (Å²) in [4.78, 5) is 17.6. The van der Waals surface area contributed by atoms with Crippen LogP contribution in [-0.2, 0) is 23.0 Å². The largest absolute Gasteiger partial charge is 0.337 e. The average Bonchev–Trinajstić information content (AvgIpc) is 3.26. The van der Waals surface area contributed by atoms with Crippen molar-refractivity contribution in [2.45, 2.75) is 64.8 Å². The van der Waals surface area contributed by atoms with E-state index in [2.05, 4.69) is 14.9 Å². The molecule has 0 aliphatic heterocycles. The molecule has 8 nitrogen and oxygen atoms in total. The van der Waals surface area contributed by atoms with Gasteiger partial charge in [-0.25, -0.2) is 18.1 Å². The monoisotopic (exact) mass is 518 g/mol. The van der Waals surface area contributed by atoms with Crippen LogP contribution in [0.2, 0.25) is 0 Å². The van der Waals surface area contributed by atoms with Crippen molar-refractivity contribution in [2.75, 3.05) is 4.72 Å². The normalized spacial score (nSPS) is 13.9. The van der Waals surface area contributed by atoms with Crippen LogP contribution in [0.4, 0.5) is 5.88 Å². The molecule has 0 bridgehead atoms. The van der Waals surface area contributed by atoms with Crippen LogP contribution in [0.5, 0.6) is 0 Å². The summed E-state index contributed by atoms with van der Waals surface area (Å²) in [6, 6.07) is 12.9. The van der Waals surface area contributed by atoms with Gasteiger partial charge < -0.3 is 9.09 Å². The first-order valence-corrected chi connectivity index (χ1v) is 13.9. The van der Waals surface area contributed by atoms with Crippen molar-refractivity contribution in [3.63, 3.8) is 0 Å². The summed E-state index contributed by atoms with van der Waals surface area (Å²) in [6.07, 6.45) is 3.27. The Hall–Kier alpha value is -3.72. The fraction of sp³-hybridized carbons (Fsp3) is 0.321. The molecule has 1 aliphatic rings. The molecule has 0 atom stereocenters. The third kappa shape index (κ3) is 4.71. The number of imidazole rings is 1. The van der Waals surface area contributed by atoms with E-state index in [0.717, 1.165) is 53.2 Å². The first kappa shape index (κ1) is 25.0. The molecule has 2 aromatic heterocycles. The first-order valence-electron chi connectivity index (χ1n) is 12.4. The molecule has 1 N–H and O–H groups in total. The SMILES string of the molecule is Cc1cc(Cn2c(C)nc3c2C(=O)CCCC3)ccc1-c1ccccc1S(=O)(=O)Nc1onc(C)c1C. The molecule has 5 rings (SSSR count). The van der Waals surface area contributed by atoms with Gasteiger partial charge in [0.25, 0.3) is 10.0 Å². The second kappa shape index (κ2) is 9.63. The van der Waals surface area contributed by atoms with Gasteiger partial charge in [0.05, 0.1) is 16.3 Å². The van der Waals surface area contributed by atoms with E-state index in [1.165, 1.54) is 0 Å². The highest BCUT2D eigenvalue weighted by Gasteiger charge is 2.25. The maximum atomic E-state index is 13.3. The Kier molecular flexibility index (Phi) is 6.49. The molecule has 4 aromatic rings. The van der Waals surface area contributed by atoms with Gasteiger partial charge in [0.1, 0.15) is 11.5 Å². The van der Waals surface area contributed by atoms with Crippen molar-refractivity contribution in [3.05, 3.63) is 82.1 Å². The number of ketones is 1. The number of nitrogens with one attached hydrogen (secondary N) is 1. The average molecular weight is 519 g/mol. The first-order chi connectivity index (χ1) is 17.7. The van der Waals surface area contributed by atoms with E-state index in [1.807, 2.05) is 42.7 Å². The molecular formula is C28H30N4O4S. The molecule has 0 saturated heterocycles. The highest BCUT2D eigenvalue weighted by molar-refractivity contribution is 7.92. The zero-order chi connectivity index (χ0) is 26.3. The van der Waals surface area contributed by atoms with E-state index in [-0.39, 0.29) is 16.6 Å². The molecule has 192 valence electrons. The lowest BCUT2D eigenvalue weighted by Crippen LogP contribution is -2.14. The summed E-state index contributed by atoms with van der Waals surface area (Å²) in [7, 11) is -3.93. The van der Waals surface area contributed by atoms with E-state index in [0.29, 0.717) is 29.8 Å². The Balaban J connectivity index is 1.48. The van der Waals surface area contributed by atoms with Crippen molar-refractivity contribution in [1.82, 2.24) is 14.7 Å². The van der Waals surface area contributed by atoms with Gasteiger partial charge in [0.2, 0.25) is 5.88 Å². The van der Waals surface area contributed by atoms with Crippen molar-refractivity contribution >= 4 is 21.7 Å². The van der Waals surface area contributed by atoms with Gasteiger partial charge in [-0.2, -0.15) is 0 Å². The molecule has 0 radical (unpaired) electrons. The molecule has 2 heterocycles. The third-order valence-electron chi connectivity index (χ3n) is 7.04. The number of anilines is 1. The quantitative estimate of drug-likeness (QED) is 0.336. The molecule has 1 aliphatic carbocycles. The van der Waals surface area contributed by atoms with Gasteiger partial charge >= 0.3 is 0 Å². The van der Waals surface area contributed by atoms with E-state index in [9.17, 15) is 13.2 Å². The molecule has 2 aromatic carbocycles. The Labute approximate surface area is 216 Å². The predicted molar refractivity (Wildman–Crippen MR) is 141 cm³/mol. The van der Waals surface area contributed by atoms with Crippen LogP contribution in [0.25, 0.3) is 11.1 Å². The number of hydrogen-bond donors (Lipinski definition) is 1. The summed E-state index contributed by atoms with van der Waals surface area (Å²) < 4.78 is 36.4. The zero-order valence-electron chi connectivity index (χ0n) is 21.5. The second-order valence-electron chi connectivity index (χ2n) is 9.64. The van der Waals surface area contributed by atoms with E-state index in [1.54, 1.807) is 32.0 Å². The molecule has 0 saturated carbocycles. The van der Waals surface area contributed by atoms with Crippen LogP contribution in [-0.4, -0.2) is 28.9 Å². The number of hydrogen-bond acceptors (Lipinski definition) is 6. The van der Waals surface area contributed by atoms with Gasteiger partial charge in [-0.15, -0.1) is 0 Å². The highest BCUT2D eigenvalue weighted by Crippen LogP contribution is 2.33. The molecule has 37 heavy (non-hydrogen) atoms. The number of rotatable bonds is 6. The summed E-state index contributed by atoms with van der Waals surface area (Å²) in [5.41, 5.74) is 6.27. The van der Waals surface area contributed by atoms with E-state index >= 15 is 0 Å². The Morgan fingerprint density at radius 2 is 1.76 bits per heavy atom. The van der Waals surface area contributed by atoms with Crippen LogP contribution < -0.4 is 4.72 Å². The molecule has 9 heteroatoms. The minimum Gasteiger partial charge on any atom is -0.337 e. The lowest BCUT2D eigenvalue weighted by Gasteiger charge is -2.15. The van der Waals surface area contributed by atoms with Gasteiger partial charge in [0, 0.05) is 24.1 Å². The summed E-state index contributed by atoms with van der Waals surface area (Å²) in [6.45, 7) is 7.95. The Bertz CT molecular complexity index is 1620. The number of nitrogens with zero attached hydrogens (tertiary/aromatic N) is 3. The fourth-order valence-corrected chi connectivity index (χ4v) is 6.19. The van der Waals surface area contributed by atoms with Gasteiger partial charge in [-0.1, -0.05) is 41.6 Å².